The number of carboxylic acids is 1. The highest BCUT2D eigenvalue weighted by Crippen LogP contribution is 2.52. The zero-order valence-corrected chi connectivity index (χ0v) is 12.4. The first kappa shape index (κ1) is 14.8. The van der Waals surface area contributed by atoms with Gasteiger partial charge in [0.25, 0.3) is 0 Å². The lowest BCUT2D eigenvalue weighted by Gasteiger charge is -2.27. The third kappa shape index (κ3) is 2.51. The van der Waals surface area contributed by atoms with Gasteiger partial charge in [0.2, 0.25) is 5.91 Å². The molecule has 1 aromatic rings. The Labute approximate surface area is 128 Å². The van der Waals surface area contributed by atoms with Crippen LogP contribution < -0.4 is 5.32 Å². The SMILES string of the molecule is CC(=O)c1ccc(NC(=O)[C@@H]2[C@@H]3CC[C@@H](C3)[C@@H]2C(=O)O)cc1. The quantitative estimate of drug-likeness (QED) is 0.837. The Morgan fingerprint density at radius 1 is 1.05 bits per heavy atom. The highest BCUT2D eigenvalue weighted by molar-refractivity contribution is 5.97. The van der Waals surface area contributed by atoms with E-state index in [0.717, 1.165) is 19.3 Å². The molecule has 1 amide bonds. The van der Waals surface area contributed by atoms with E-state index in [1.807, 2.05) is 0 Å². The van der Waals surface area contributed by atoms with E-state index >= 15 is 0 Å². The molecule has 2 saturated carbocycles. The van der Waals surface area contributed by atoms with Crippen LogP contribution in [0.4, 0.5) is 5.69 Å². The van der Waals surface area contributed by atoms with Crippen LogP contribution in [0.2, 0.25) is 0 Å². The molecule has 3 rings (SSSR count). The number of hydrogen-bond donors (Lipinski definition) is 2. The largest absolute Gasteiger partial charge is 0.481 e. The number of nitrogens with one attached hydrogen (secondary N) is 1. The van der Waals surface area contributed by atoms with Crippen LogP contribution in [0.1, 0.15) is 36.5 Å². The number of carboxylic acid groups (broad SMARTS) is 1. The van der Waals surface area contributed by atoms with Crippen LogP contribution in [-0.2, 0) is 9.59 Å². The number of aliphatic carboxylic acids is 1. The maximum atomic E-state index is 12.5. The van der Waals surface area contributed by atoms with Crippen molar-refractivity contribution in [3.05, 3.63) is 29.8 Å². The zero-order valence-electron chi connectivity index (χ0n) is 12.4. The molecular formula is C17H19NO4. The Balaban J connectivity index is 1.73. The smallest absolute Gasteiger partial charge is 0.307 e. The van der Waals surface area contributed by atoms with Crippen molar-refractivity contribution < 1.29 is 19.5 Å². The highest BCUT2D eigenvalue weighted by Gasteiger charge is 2.53. The molecule has 2 N–H and O–H groups in total. The predicted molar refractivity (Wildman–Crippen MR) is 80.5 cm³/mol. The summed E-state index contributed by atoms with van der Waals surface area (Å²) in [5.41, 5.74) is 1.18. The van der Waals surface area contributed by atoms with Crippen molar-refractivity contribution in [2.75, 3.05) is 5.32 Å². The average molecular weight is 301 g/mol. The second kappa shape index (κ2) is 5.55. The fraction of sp³-hybridized carbons (Fsp3) is 0.471. The molecule has 0 radical (unpaired) electrons. The summed E-state index contributed by atoms with van der Waals surface area (Å²) in [6.07, 6.45) is 2.70. The molecule has 0 spiro atoms. The number of anilines is 1. The van der Waals surface area contributed by atoms with Gasteiger partial charge in [-0.25, -0.2) is 0 Å². The normalized spacial score (nSPS) is 29.3. The molecule has 5 nitrogen and oxygen atoms in total. The summed E-state index contributed by atoms with van der Waals surface area (Å²) in [5.74, 6) is -1.79. The van der Waals surface area contributed by atoms with E-state index in [1.54, 1.807) is 24.3 Å². The number of ketones is 1. The fourth-order valence-corrected chi connectivity index (χ4v) is 4.04. The predicted octanol–water partition coefficient (Wildman–Crippen LogP) is 2.57. The second-order valence-electron chi connectivity index (χ2n) is 6.35. The molecule has 2 aliphatic rings. The van der Waals surface area contributed by atoms with Gasteiger partial charge in [0.1, 0.15) is 0 Å². The first-order valence-electron chi connectivity index (χ1n) is 7.62. The van der Waals surface area contributed by atoms with E-state index < -0.39 is 17.8 Å². The minimum Gasteiger partial charge on any atom is -0.481 e. The minimum atomic E-state index is -0.862. The summed E-state index contributed by atoms with van der Waals surface area (Å²) < 4.78 is 0. The summed E-state index contributed by atoms with van der Waals surface area (Å²) in [7, 11) is 0. The average Bonchev–Trinajstić information content (AvgIpc) is 3.08. The number of Topliss-reactive ketones (excluding diaryl/α,β-unsaturated/α-hetero) is 1. The number of benzene rings is 1. The molecule has 0 unspecified atom stereocenters. The van der Waals surface area contributed by atoms with E-state index in [9.17, 15) is 19.5 Å². The lowest BCUT2D eigenvalue weighted by atomic mass is 9.78. The van der Waals surface area contributed by atoms with Crippen molar-refractivity contribution in [2.24, 2.45) is 23.7 Å². The molecule has 0 aromatic heterocycles. The number of hydrogen-bond acceptors (Lipinski definition) is 3. The Hall–Kier alpha value is -2.17. The first-order chi connectivity index (χ1) is 10.5. The Kier molecular flexibility index (Phi) is 3.72. The van der Waals surface area contributed by atoms with Crippen molar-refractivity contribution in [3.63, 3.8) is 0 Å². The molecule has 0 aliphatic heterocycles. The van der Waals surface area contributed by atoms with Gasteiger partial charge < -0.3 is 10.4 Å². The summed E-state index contributed by atoms with van der Waals surface area (Å²) >= 11 is 0. The second-order valence-corrected chi connectivity index (χ2v) is 6.35. The van der Waals surface area contributed by atoms with Crippen LogP contribution in [0.3, 0.4) is 0 Å². The number of amides is 1. The van der Waals surface area contributed by atoms with Crippen LogP contribution >= 0.6 is 0 Å². The molecule has 116 valence electrons. The summed E-state index contributed by atoms with van der Waals surface area (Å²) in [6, 6.07) is 6.68. The van der Waals surface area contributed by atoms with Crippen LogP contribution in [0.25, 0.3) is 0 Å². The van der Waals surface area contributed by atoms with E-state index in [-0.39, 0.29) is 23.5 Å². The van der Waals surface area contributed by atoms with Gasteiger partial charge in [-0.1, -0.05) is 0 Å². The van der Waals surface area contributed by atoms with Crippen molar-refractivity contribution in [2.45, 2.75) is 26.2 Å². The van der Waals surface area contributed by atoms with E-state index in [1.165, 1.54) is 6.92 Å². The van der Waals surface area contributed by atoms with Crippen molar-refractivity contribution in [3.8, 4) is 0 Å². The van der Waals surface area contributed by atoms with Gasteiger partial charge in [0, 0.05) is 11.3 Å². The van der Waals surface area contributed by atoms with Crippen LogP contribution in [-0.4, -0.2) is 22.8 Å². The van der Waals surface area contributed by atoms with Gasteiger partial charge in [-0.05, 0) is 62.3 Å². The fourth-order valence-electron chi connectivity index (χ4n) is 4.04. The van der Waals surface area contributed by atoms with Gasteiger partial charge >= 0.3 is 5.97 Å². The molecule has 1 aromatic carbocycles. The summed E-state index contributed by atoms with van der Waals surface area (Å²) in [5, 5.41) is 12.2. The third-order valence-corrected chi connectivity index (χ3v) is 5.06. The summed E-state index contributed by atoms with van der Waals surface area (Å²) in [4.78, 5) is 35.2. The Bertz CT molecular complexity index is 622. The summed E-state index contributed by atoms with van der Waals surface area (Å²) in [6.45, 7) is 1.49. The molecule has 0 saturated heterocycles. The van der Waals surface area contributed by atoms with E-state index in [4.69, 9.17) is 0 Å². The lowest BCUT2D eigenvalue weighted by molar-refractivity contribution is -0.148. The molecule has 4 atom stereocenters. The van der Waals surface area contributed by atoms with E-state index in [2.05, 4.69) is 5.32 Å². The van der Waals surface area contributed by atoms with Crippen molar-refractivity contribution in [1.29, 1.82) is 0 Å². The number of carbonyl (C=O) groups is 3. The van der Waals surface area contributed by atoms with Gasteiger partial charge in [-0.15, -0.1) is 0 Å². The minimum absolute atomic E-state index is 0.0306. The monoisotopic (exact) mass is 301 g/mol. The molecule has 0 heterocycles. The standard InChI is InChI=1S/C17H19NO4/c1-9(19)10-4-6-13(7-5-10)18-16(20)14-11-2-3-12(8-11)15(14)17(21)22/h4-7,11-12,14-15H,2-3,8H2,1H3,(H,18,20)(H,21,22)/t11-,12+,14-,15+/m1/s1. The molecule has 2 aliphatic carbocycles. The van der Waals surface area contributed by atoms with Gasteiger partial charge in [-0.3, -0.25) is 14.4 Å². The first-order valence-corrected chi connectivity index (χ1v) is 7.62. The molecule has 22 heavy (non-hydrogen) atoms. The van der Waals surface area contributed by atoms with Crippen LogP contribution in [0.15, 0.2) is 24.3 Å². The Morgan fingerprint density at radius 3 is 2.18 bits per heavy atom. The zero-order chi connectivity index (χ0) is 15.9. The van der Waals surface area contributed by atoms with Gasteiger partial charge in [-0.2, -0.15) is 0 Å². The van der Waals surface area contributed by atoms with Gasteiger partial charge in [0.15, 0.2) is 5.78 Å². The topological polar surface area (TPSA) is 83.5 Å². The molecule has 5 heteroatoms. The van der Waals surface area contributed by atoms with Crippen LogP contribution in [0, 0.1) is 23.7 Å². The highest BCUT2D eigenvalue weighted by atomic mass is 16.4. The maximum Gasteiger partial charge on any atom is 0.307 e. The molecule has 2 fully saturated rings. The van der Waals surface area contributed by atoms with Crippen molar-refractivity contribution in [1.82, 2.24) is 0 Å². The number of carbonyl (C=O) groups excluding carboxylic acids is 2. The number of rotatable bonds is 4. The van der Waals surface area contributed by atoms with E-state index in [0.29, 0.717) is 11.3 Å². The maximum absolute atomic E-state index is 12.5. The van der Waals surface area contributed by atoms with Gasteiger partial charge in [0.05, 0.1) is 11.8 Å². The lowest BCUT2D eigenvalue weighted by Crippen LogP contribution is -2.37. The van der Waals surface area contributed by atoms with Crippen molar-refractivity contribution >= 4 is 23.3 Å². The van der Waals surface area contributed by atoms with Crippen LogP contribution in [0.5, 0.6) is 0 Å². The third-order valence-electron chi connectivity index (χ3n) is 5.06. The number of fused-ring (bicyclic) bond motifs is 2. The molecular weight excluding hydrogens is 282 g/mol. The molecule has 2 bridgehead atoms. The Morgan fingerprint density at radius 2 is 1.64 bits per heavy atom.